The molecule has 5 nitrogen and oxygen atoms in total. The number of carbonyl (C=O) groups is 1. The average molecular weight is 382 g/mol. The predicted molar refractivity (Wildman–Crippen MR) is 104 cm³/mol. The zero-order chi connectivity index (χ0) is 19.7. The van der Waals surface area contributed by atoms with Crippen molar-refractivity contribution in [2.45, 2.75) is 18.9 Å². The Balaban J connectivity index is 1.58. The Morgan fingerprint density at radius 3 is 2.75 bits per heavy atom. The predicted octanol–water partition coefficient (Wildman–Crippen LogP) is 2.74. The fourth-order valence-corrected chi connectivity index (χ4v) is 4.08. The highest BCUT2D eigenvalue weighted by molar-refractivity contribution is 5.98. The molecule has 0 saturated carbocycles. The Hall–Kier alpha value is -2.70. The summed E-state index contributed by atoms with van der Waals surface area (Å²) in [5.41, 5.74) is 1.49. The van der Waals surface area contributed by atoms with Gasteiger partial charge in [-0.1, -0.05) is 12.1 Å². The van der Waals surface area contributed by atoms with Gasteiger partial charge in [0.05, 0.1) is 12.7 Å². The molecule has 0 radical (unpaired) electrons. The summed E-state index contributed by atoms with van der Waals surface area (Å²) in [4.78, 5) is 17.9. The monoisotopic (exact) mass is 382 g/mol. The SMILES string of the molecule is O=C(c1ccc2[nH]ccc2c1)N1CC[C@H](O)[C@@](CO)(Cc2ccc(F)cc2)C1. The zero-order valence-electron chi connectivity index (χ0n) is 15.4. The molecular formula is C22H23FN2O3. The van der Waals surface area contributed by atoms with Gasteiger partial charge in [0, 0.05) is 41.2 Å². The van der Waals surface area contributed by atoms with E-state index in [4.69, 9.17) is 0 Å². The van der Waals surface area contributed by atoms with Crippen molar-refractivity contribution in [3.05, 3.63) is 71.7 Å². The highest BCUT2D eigenvalue weighted by Gasteiger charge is 2.43. The van der Waals surface area contributed by atoms with Crippen LogP contribution in [0.4, 0.5) is 4.39 Å². The summed E-state index contributed by atoms with van der Waals surface area (Å²) >= 11 is 0. The van der Waals surface area contributed by atoms with Crippen LogP contribution in [0.1, 0.15) is 22.3 Å². The topological polar surface area (TPSA) is 76.6 Å². The van der Waals surface area contributed by atoms with E-state index in [1.54, 1.807) is 23.1 Å². The van der Waals surface area contributed by atoms with Crippen molar-refractivity contribution in [1.29, 1.82) is 0 Å². The van der Waals surface area contributed by atoms with Gasteiger partial charge in [0.25, 0.3) is 5.91 Å². The van der Waals surface area contributed by atoms with Gasteiger partial charge in [-0.25, -0.2) is 4.39 Å². The standard InChI is InChI=1S/C22H23FN2O3/c23-18-4-1-15(2-5-18)12-22(14-26)13-25(10-8-20(22)27)21(28)17-3-6-19-16(11-17)7-9-24-19/h1-7,9,11,20,24,26-27H,8,10,12-14H2/t20-,22-/m0/s1. The maximum Gasteiger partial charge on any atom is 0.253 e. The average Bonchev–Trinajstić information content (AvgIpc) is 3.18. The molecule has 0 unspecified atom stereocenters. The Kier molecular flexibility index (Phi) is 4.91. The van der Waals surface area contributed by atoms with Crippen LogP contribution in [0.25, 0.3) is 10.9 Å². The van der Waals surface area contributed by atoms with Crippen molar-refractivity contribution in [3.8, 4) is 0 Å². The van der Waals surface area contributed by atoms with Crippen LogP contribution in [-0.4, -0.2) is 51.8 Å². The molecule has 0 bridgehead atoms. The molecule has 2 heterocycles. The molecule has 1 aliphatic rings. The maximum absolute atomic E-state index is 13.2. The van der Waals surface area contributed by atoms with Gasteiger partial charge >= 0.3 is 0 Å². The number of aromatic nitrogens is 1. The molecule has 2 atom stereocenters. The van der Waals surface area contributed by atoms with E-state index in [2.05, 4.69) is 4.98 Å². The molecule has 1 saturated heterocycles. The lowest BCUT2D eigenvalue weighted by Crippen LogP contribution is -2.56. The number of amides is 1. The number of hydrogen-bond acceptors (Lipinski definition) is 3. The number of aromatic amines is 1. The Labute approximate surface area is 162 Å². The molecule has 0 spiro atoms. The van der Waals surface area contributed by atoms with Gasteiger partial charge in [0.15, 0.2) is 0 Å². The first-order valence-corrected chi connectivity index (χ1v) is 9.40. The first kappa shape index (κ1) is 18.7. The minimum absolute atomic E-state index is 0.119. The summed E-state index contributed by atoms with van der Waals surface area (Å²) in [5.74, 6) is -0.449. The van der Waals surface area contributed by atoms with Crippen LogP contribution >= 0.6 is 0 Å². The molecule has 1 aliphatic heterocycles. The molecule has 6 heteroatoms. The molecule has 3 N–H and O–H groups in total. The highest BCUT2D eigenvalue weighted by atomic mass is 19.1. The van der Waals surface area contributed by atoms with Gasteiger partial charge in [-0.15, -0.1) is 0 Å². The van der Waals surface area contributed by atoms with Crippen LogP contribution < -0.4 is 0 Å². The zero-order valence-corrected chi connectivity index (χ0v) is 15.4. The fourth-order valence-electron chi connectivity index (χ4n) is 4.08. The molecule has 1 fully saturated rings. The second-order valence-electron chi connectivity index (χ2n) is 7.63. The van der Waals surface area contributed by atoms with Crippen molar-refractivity contribution < 1.29 is 19.4 Å². The van der Waals surface area contributed by atoms with E-state index in [0.29, 0.717) is 24.9 Å². The number of halogens is 1. The fraction of sp³-hybridized carbons (Fsp3) is 0.318. The van der Waals surface area contributed by atoms with Gasteiger partial charge in [-0.05, 0) is 54.8 Å². The van der Waals surface area contributed by atoms with Crippen molar-refractivity contribution in [1.82, 2.24) is 9.88 Å². The van der Waals surface area contributed by atoms with Crippen LogP contribution in [0, 0.1) is 11.2 Å². The third kappa shape index (κ3) is 3.41. The van der Waals surface area contributed by atoms with Crippen LogP contribution in [0.5, 0.6) is 0 Å². The van der Waals surface area contributed by atoms with Gasteiger partial charge in [0.1, 0.15) is 5.82 Å². The van der Waals surface area contributed by atoms with Crippen LogP contribution in [0.2, 0.25) is 0 Å². The molecule has 4 rings (SSSR count). The Bertz CT molecular complexity index is 985. The quantitative estimate of drug-likeness (QED) is 0.649. The number of rotatable bonds is 4. The number of carbonyl (C=O) groups excluding carboxylic acids is 1. The minimum atomic E-state index is -0.871. The summed E-state index contributed by atoms with van der Waals surface area (Å²) in [6.45, 7) is 0.411. The lowest BCUT2D eigenvalue weighted by Gasteiger charge is -2.45. The number of likely N-dealkylation sites (tertiary alicyclic amines) is 1. The van der Waals surface area contributed by atoms with E-state index in [0.717, 1.165) is 16.5 Å². The van der Waals surface area contributed by atoms with Crippen molar-refractivity contribution in [2.75, 3.05) is 19.7 Å². The number of piperidine rings is 1. The molecule has 1 amide bonds. The molecule has 28 heavy (non-hydrogen) atoms. The van der Waals surface area contributed by atoms with Gasteiger partial charge < -0.3 is 20.1 Å². The second kappa shape index (κ2) is 7.37. The van der Waals surface area contributed by atoms with Crippen molar-refractivity contribution in [3.63, 3.8) is 0 Å². The second-order valence-corrected chi connectivity index (χ2v) is 7.63. The van der Waals surface area contributed by atoms with Gasteiger partial charge in [0.2, 0.25) is 0 Å². The maximum atomic E-state index is 13.2. The molecular weight excluding hydrogens is 359 g/mol. The normalized spacial score (nSPS) is 22.5. The number of nitrogens with one attached hydrogen (secondary N) is 1. The molecule has 3 aromatic rings. The lowest BCUT2D eigenvalue weighted by atomic mass is 9.73. The molecule has 1 aromatic heterocycles. The highest BCUT2D eigenvalue weighted by Crippen LogP contribution is 2.34. The Morgan fingerprint density at radius 2 is 2.00 bits per heavy atom. The van der Waals surface area contributed by atoms with Crippen molar-refractivity contribution in [2.24, 2.45) is 5.41 Å². The van der Waals surface area contributed by atoms with Crippen LogP contribution in [-0.2, 0) is 6.42 Å². The van der Waals surface area contributed by atoms with Crippen LogP contribution in [0.3, 0.4) is 0 Å². The number of benzene rings is 2. The van der Waals surface area contributed by atoms with E-state index in [9.17, 15) is 19.4 Å². The Morgan fingerprint density at radius 1 is 1.21 bits per heavy atom. The van der Waals surface area contributed by atoms with E-state index < -0.39 is 11.5 Å². The summed E-state index contributed by atoms with van der Waals surface area (Å²) < 4.78 is 13.2. The number of aliphatic hydroxyl groups excluding tert-OH is 2. The third-order valence-electron chi connectivity index (χ3n) is 5.76. The first-order chi connectivity index (χ1) is 13.5. The number of fused-ring (bicyclic) bond motifs is 1. The number of H-pyrrole nitrogens is 1. The number of hydrogen-bond donors (Lipinski definition) is 3. The van der Waals surface area contributed by atoms with E-state index in [1.807, 2.05) is 24.4 Å². The molecule has 146 valence electrons. The first-order valence-electron chi connectivity index (χ1n) is 9.40. The molecule has 0 aliphatic carbocycles. The van der Waals surface area contributed by atoms with Gasteiger partial charge in [-0.2, -0.15) is 0 Å². The van der Waals surface area contributed by atoms with E-state index in [-0.39, 0.29) is 24.9 Å². The summed E-state index contributed by atoms with van der Waals surface area (Å²) in [7, 11) is 0. The smallest absolute Gasteiger partial charge is 0.253 e. The number of aliphatic hydroxyl groups is 2. The summed E-state index contributed by atoms with van der Waals surface area (Å²) in [5, 5.41) is 21.7. The van der Waals surface area contributed by atoms with Crippen LogP contribution in [0.15, 0.2) is 54.7 Å². The number of nitrogens with zero attached hydrogens (tertiary/aromatic N) is 1. The third-order valence-corrected chi connectivity index (χ3v) is 5.76. The summed E-state index contributed by atoms with van der Waals surface area (Å²) in [6, 6.07) is 13.5. The minimum Gasteiger partial charge on any atom is -0.396 e. The largest absolute Gasteiger partial charge is 0.396 e. The van der Waals surface area contributed by atoms with Crippen molar-refractivity contribution >= 4 is 16.8 Å². The molecule has 2 aromatic carbocycles. The van der Waals surface area contributed by atoms with E-state index >= 15 is 0 Å². The lowest BCUT2D eigenvalue weighted by molar-refractivity contribution is -0.0668. The summed E-state index contributed by atoms with van der Waals surface area (Å²) in [6.07, 6.45) is 1.85. The van der Waals surface area contributed by atoms with E-state index in [1.165, 1.54) is 12.1 Å². The van der Waals surface area contributed by atoms with Gasteiger partial charge in [-0.3, -0.25) is 4.79 Å².